The third-order valence-corrected chi connectivity index (χ3v) is 4.43. The SMILES string of the molecule is C/C=C/Oc1ccc(OC(=O)C2CCC(CCC)CC2)c(F)c1F. The molecule has 1 aromatic rings. The quantitative estimate of drug-likeness (QED) is 0.396. The minimum Gasteiger partial charge on any atom is -0.462 e. The lowest BCUT2D eigenvalue weighted by molar-refractivity contribution is -0.140. The zero-order valence-corrected chi connectivity index (χ0v) is 14.2. The third-order valence-electron chi connectivity index (χ3n) is 4.43. The second-order valence-electron chi connectivity index (χ2n) is 6.20. The summed E-state index contributed by atoms with van der Waals surface area (Å²) >= 11 is 0. The highest BCUT2D eigenvalue weighted by Crippen LogP contribution is 2.33. The molecule has 0 heterocycles. The van der Waals surface area contributed by atoms with E-state index in [1.165, 1.54) is 24.8 Å². The molecule has 24 heavy (non-hydrogen) atoms. The Bertz CT molecular complexity index is 591. The molecule has 0 atom stereocenters. The van der Waals surface area contributed by atoms with Crippen molar-refractivity contribution in [1.82, 2.24) is 0 Å². The van der Waals surface area contributed by atoms with Gasteiger partial charge in [-0.15, -0.1) is 0 Å². The zero-order chi connectivity index (χ0) is 17.5. The summed E-state index contributed by atoms with van der Waals surface area (Å²) in [6.07, 6.45) is 8.59. The van der Waals surface area contributed by atoms with Crippen molar-refractivity contribution in [3.63, 3.8) is 0 Å². The molecule has 0 saturated heterocycles. The highest BCUT2D eigenvalue weighted by atomic mass is 19.2. The van der Waals surface area contributed by atoms with E-state index in [2.05, 4.69) is 6.92 Å². The number of ether oxygens (including phenoxy) is 2. The number of allylic oxidation sites excluding steroid dienone is 1. The molecule has 1 saturated carbocycles. The van der Waals surface area contributed by atoms with Gasteiger partial charge in [-0.05, 0) is 50.7 Å². The topological polar surface area (TPSA) is 35.5 Å². The molecule has 3 nitrogen and oxygen atoms in total. The predicted molar refractivity (Wildman–Crippen MR) is 87.8 cm³/mol. The normalized spacial score (nSPS) is 21.0. The van der Waals surface area contributed by atoms with Crippen molar-refractivity contribution in [3.05, 3.63) is 36.1 Å². The van der Waals surface area contributed by atoms with Crippen LogP contribution in [-0.2, 0) is 4.79 Å². The first-order valence-corrected chi connectivity index (χ1v) is 8.54. The summed E-state index contributed by atoms with van der Waals surface area (Å²) in [5, 5.41) is 0. The van der Waals surface area contributed by atoms with Gasteiger partial charge in [-0.2, -0.15) is 8.78 Å². The third kappa shape index (κ3) is 4.56. The molecule has 0 spiro atoms. The Morgan fingerprint density at radius 1 is 1.17 bits per heavy atom. The van der Waals surface area contributed by atoms with E-state index in [0.29, 0.717) is 5.92 Å². The Morgan fingerprint density at radius 2 is 1.79 bits per heavy atom. The Kier molecular flexibility index (Phi) is 6.76. The number of hydrogen-bond donors (Lipinski definition) is 0. The molecule has 0 aromatic heterocycles. The number of carbonyl (C=O) groups is 1. The Balaban J connectivity index is 1.98. The average Bonchev–Trinajstić information content (AvgIpc) is 2.59. The van der Waals surface area contributed by atoms with Gasteiger partial charge in [0.05, 0.1) is 12.2 Å². The maximum atomic E-state index is 14.0. The summed E-state index contributed by atoms with van der Waals surface area (Å²) in [6, 6.07) is 2.47. The molecular formula is C19H24F2O3. The van der Waals surface area contributed by atoms with Crippen molar-refractivity contribution in [2.75, 3.05) is 0 Å². The summed E-state index contributed by atoms with van der Waals surface area (Å²) < 4.78 is 37.9. The molecule has 132 valence electrons. The average molecular weight is 338 g/mol. The molecule has 0 radical (unpaired) electrons. The van der Waals surface area contributed by atoms with Crippen molar-refractivity contribution < 1.29 is 23.0 Å². The number of esters is 1. The minimum absolute atomic E-state index is 0.237. The van der Waals surface area contributed by atoms with Gasteiger partial charge >= 0.3 is 5.97 Å². The summed E-state index contributed by atoms with van der Waals surface area (Å²) in [6.45, 7) is 3.85. The lowest BCUT2D eigenvalue weighted by Crippen LogP contribution is -2.26. The van der Waals surface area contributed by atoms with Crippen LogP contribution in [0, 0.1) is 23.5 Å². The highest BCUT2D eigenvalue weighted by Gasteiger charge is 2.28. The van der Waals surface area contributed by atoms with Crippen LogP contribution < -0.4 is 9.47 Å². The summed E-state index contributed by atoms with van der Waals surface area (Å²) in [7, 11) is 0. The smallest absolute Gasteiger partial charge is 0.314 e. The maximum absolute atomic E-state index is 14.0. The predicted octanol–water partition coefficient (Wildman–Crippen LogP) is 5.39. The van der Waals surface area contributed by atoms with E-state index in [1.54, 1.807) is 13.0 Å². The van der Waals surface area contributed by atoms with Crippen molar-refractivity contribution in [1.29, 1.82) is 0 Å². The van der Waals surface area contributed by atoms with Crippen LogP contribution in [0.25, 0.3) is 0 Å². The van der Waals surface area contributed by atoms with E-state index >= 15 is 0 Å². The first kappa shape index (κ1) is 18.4. The fourth-order valence-electron chi connectivity index (χ4n) is 3.11. The Hall–Kier alpha value is -1.91. The molecule has 1 aliphatic rings. The minimum atomic E-state index is -1.20. The van der Waals surface area contributed by atoms with Crippen LogP contribution in [0.4, 0.5) is 8.78 Å². The first-order chi connectivity index (χ1) is 11.6. The van der Waals surface area contributed by atoms with E-state index in [-0.39, 0.29) is 17.4 Å². The van der Waals surface area contributed by atoms with Crippen LogP contribution in [0.2, 0.25) is 0 Å². The van der Waals surface area contributed by atoms with E-state index < -0.39 is 17.6 Å². The van der Waals surface area contributed by atoms with Gasteiger partial charge in [-0.1, -0.05) is 25.8 Å². The van der Waals surface area contributed by atoms with Crippen LogP contribution in [0.5, 0.6) is 11.5 Å². The number of halogens is 2. The second-order valence-corrected chi connectivity index (χ2v) is 6.20. The van der Waals surface area contributed by atoms with E-state index in [4.69, 9.17) is 9.47 Å². The molecule has 0 amide bonds. The van der Waals surface area contributed by atoms with Crippen molar-refractivity contribution >= 4 is 5.97 Å². The van der Waals surface area contributed by atoms with Crippen molar-refractivity contribution in [3.8, 4) is 11.5 Å². The fraction of sp³-hybridized carbons (Fsp3) is 0.526. The van der Waals surface area contributed by atoms with Crippen LogP contribution in [0.1, 0.15) is 52.4 Å². The Labute approximate surface area is 141 Å². The number of hydrogen-bond acceptors (Lipinski definition) is 3. The largest absolute Gasteiger partial charge is 0.462 e. The molecule has 0 aliphatic heterocycles. The standard InChI is InChI=1S/C19H24F2O3/c1-3-5-13-6-8-14(9-7-13)19(22)24-16-11-10-15(23-12-4-2)17(20)18(16)21/h4,10-14H,3,5-9H2,1-2H3/b12-4+. The molecule has 1 aromatic carbocycles. The lowest BCUT2D eigenvalue weighted by atomic mass is 9.80. The van der Waals surface area contributed by atoms with Crippen molar-refractivity contribution in [2.24, 2.45) is 11.8 Å². The van der Waals surface area contributed by atoms with Gasteiger partial charge < -0.3 is 9.47 Å². The van der Waals surface area contributed by atoms with Gasteiger partial charge in [0, 0.05) is 0 Å². The second kappa shape index (κ2) is 8.81. The van der Waals surface area contributed by atoms with Gasteiger partial charge in [0.2, 0.25) is 11.6 Å². The van der Waals surface area contributed by atoms with Gasteiger partial charge in [-0.3, -0.25) is 4.79 Å². The molecule has 1 fully saturated rings. The monoisotopic (exact) mass is 338 g/mol. The fourth-order valence-corrected chi connectivity index (χ4v) is 3.11. The van der Waals surface area contributed by atoms with E-state index in [0.717, 1.165) is 32.1 Å². The van der Waals surface area contributed by atoms with Gasteiger partial charge in [0.15, 0.2) is 11.5 Å². The maximum Gasteiger partial charge on any atom is 0.314 e. The molecule has 2 rings (SSSR count). The van der Waals surface area contributed by atoms with Gasteiger partial charge in [0.25, 0.3) is 0 Å². The lowest BCUT2D eigenvalue weighted by Gasteiger charge is -2.26. The number of rotatable bonds is 6. The summed E-state index contributed by atoms with van der Waals surface area (Å²) in [5.41, 5.74) is 0. The van der Waals surface area contributed by atoms with Crippen molar-refractivity contribution in [2.45, 2.75) is 52.4 Å². The van der Waals surface area contributed by atoms with Crippen LogP contribution in [0.3, 0.4) is 0 Å². The molecular weight excluding hydrogens is 314 g/mol. The number of carbonyl (C=O) groups excluding carboxylic acids is 1. The first-order valence-electron chi connectivity index (χ1n) is 8.54. The molecule has 5 heteroatoms. The molecule has 0 unspecified atom stereocenters. The molecule has 0 N–H and O–H groups in total. The molecule has 1 aliphatic carbocycles. The van der Waals surface area contributed by atoms with E-state index in [9.17, 15) is 13.6 Å². The van der Waals surface area contributed by atoms with Crippen LogP contribution in [0.15, 0.2) is 24.5 Å². The summed E-state index contributed by atoms with van der Waals surface area (Å²) in [5.74, 6) is -3.05. The van der Waals surface area contributed by atoms with Crippen LogP contribution in [-0.4, -0.2) is 5.97 Å². The zero-order valence-electron chi connectivity index (χ0n) is 14.2. The molecule has 0 bridgehead atoms. The van der Waals surface area contributed by atoms with Gasteiger partial charge in [0.1, 0.15) is 0 Å². The highest BCUT2D eigenvalue weighted by molar-refractivity contribution is 5.75. The number of benzene rings is 1. The van der Waals surface area contributed by atoms with E-state index in [1.807, 2.05) is 0 Å². The van der Waals surface area contributed by atoms with Gasteiger partial charge in [-0.25, -0.2) is 0 Å². The Morgan fingerprint density at radius 3 is 2.42 bits per heavy atom. The summed E-state index contributed by atoms with van der Waals surface area (Å²) in [4.78, 5) is 12.2. The van der Waals surface area contributed by atoms with Crippen LogP contribution >= 0.6 is 0 Å².